The molecule has 1 aliphatic heterocycles. The van der Waals surface area contributed by atoms with Gasteiger partial charge in [0.05, 0.1) is 12.6 Å². The van der Waals surface area contributed by atoms with Crippen LogP contribution in [0.2, 0.25) is 0 Å². The third-order valence-corrected chi connectivity index (χ3v) is 3.05. The van der Waals surface area contributed by atoms with Crippen molar-refractivity contribution in [2.24, 2.45) is 17.1 Å². The molecule has 3 N–H and O–H groups in total. The van der Waals surface area contributed by atoms with E-state index in [0.717, 1.165) is 19.4 Å². The molecular weight excluding hydrogens is 240 g/mol. The Bertz CT molecular complexity index is 241. The molecule has 1 heterocycles. The fourth-order valence-electron chi connectivity index (χ4n) is 2.33. The van der Waals surface area contributed by atoms with Gasteiger partial charge in [0, 0.05) is 19.1 Å². The summed E-state index contributed by atoms with van der Waals surface area (Å²) < 4.78 is 5.84. The quantitative estimate of drug-likeness (QED) is 0.808. The Morgan fingerprint density at radius 1 is 1.47 bits per heavy atom. The monoisotopic (exact) mass is 264 g/mol. The van der Waals surface area contributed by atoms with Gasteiger partial charge in [0.1, 0.15) is 0 Å². The number of hydrogen-bond donors (Lipinski definition) is 2. The molecule has 1 saturated heterocycles. The summed E-state index contributed by atoms with van der Waals surface area (Å²) in [5.41, 5.74) is 5.39. The van der Waals surface area contributed by atoms with Crippen molar-refractivity contribution in [2.75, 3.05) is 19.7 Å². The van der Waals surface area contributed by atoms with Crippen LogP contribution in [0.4, 0.5) is 0 Å². The highest BCUT2D eigenvalue weighted by molar-refractivity contribution is 5.85. The molecule has 0 saturated carbocycles. The predicted molar refractivity (Wildman–Crippen MR) is 71.2 cm³/mol. The van der Waals surface area contributed by atoms with E-state index >= 15 is 0 Å². The van der Waals surface area contributed by atoms with Crippen LogP contribution in [0.25, 0.3) is 0 Å². The lowest BCUT2D eigenvalue weighted by atomic mass is 9.78. The van der Waals surface area contributed by atoms with Crippen LogP contribution in [0, 0.1) is 11.3 Å². The first-order valence-electron chi connectivity index (χ1n) is 6.03. The maximum absolute atomic E-state index is 11.1. The average Bonchev–Trinajstić information content (AvgIpc) is 2.25. The van der Waals surface area contributed by atoms with Gasteiger partial charge in [0.15, 0.2) is 0 Å². The predicted octanol–water partition coefficient (Wildman–Crippen LogP) is 1.32. The Kier molecular flexibility index (Phi) is 7.05. The van der Waals surface area contributed by atoms with Crippen molar-refractivity contribution in [3.05, 3.63) is 0 Å². The minimum Gasteiger partial charge on any atom is -0.377 e. The summed E-state index contributed by atoms with van der Waals surface area (Å²) in [6, 6.07) is 0. The van der Waals surface area contributed by atoms with Crippen LogP contribution in [0.1, 0.15) is 33.6 Å². The molecule has 0 aromatic rings. The fraction of sp³-hybridized carbons (Fsp3) is 0.917. The van der Waals surface area contributed by atoms with Crippen LogP contribution in [-0.4, -0.2) is 31.7 Å². The lowest BCUT2D eigenvalue weighted by Gasteiger charge is -2.40. The molecule has 102 valence electrons. The molecule has 4 nitrogen and oxygen atoms in total. The Hall–Kier alpha value is -0.320. The summed E-state index contributed by atoms with van der Waals surface area (Å²) in [5, 5.41) is 2.86. The number of hydrogen-bond acceptors (Lipinski definition) is 3. The summed E-state index contributed by atoms with van der Waals surface area (Å²) in [7, 11) is 0. The summed E-state index contributed by atoms with van der Waals surface area (Å²) in [6.45, 7) is 8.12. The number of ether oxygens (including phenoxy) is 1. The highest BCUT2D eigenvalue weighted by atomic mass is 35.5. The maximum atomic E-state index is 11.1. The fourth-order valence-corrected chi connectivity index (χ4v) is 2.33. The van der Waals surface area contributed by atoms with Crippen molar-refractivity contribution in [3.8, 4) is 0 Å². The van der Waals surface area contributed by atoms with Gasteiger partial charge in [-0.3, -0.25) is 4.79 Å². The van der Waals surface area contributed by atoms with E-state index in [1.807, 2.05) is 0 Å². The molecule has 5 heteroatoms. The topological polar surface area (TPSA) is 64.3 Å². The summed E-state index contributed by atoms with van der Waals surface area (Å²) in [5.74, 6) is 0.322. The van der Waals surface area contributed by atoms with Crippen molar-refractivity contribution in [1.82, 2.24) is 5.32 Å². The minimum absolute atomic E-state index is 0. The largest absolute Gasteiger partial charge is 0.377 e. The number of carbonyl (C=O) groups excluding carboxylic acids is 1. The van der Waals surface area contributed by atoms with Gasteiger partial charge in [-0.2, -0.15) is 0 Å². The van der Waals surface area contributed by atoms with Crippen LogP contribution >= 0.6 is 12.4 Å². The van der Waals surface area contributed by atoms with Crippen molar-refractivity contribution in [2.45, 2.75) is 39.7 Å². The molecule has 1 amide bonds. The van der Waals surface area contributed by atoms with Gasteiger partial charge in [0.25, 0.3) is 0 Å². The highest BCUT2D eigenvalue weighted by Gasteiger charge is 2.35. The van der Waals surface area contributed by atoms with E-state index in [9.17, 15) is 4.79 Å². The van der Waals surface area contributed by atoms with Gasteiger partial charge in [-0.05, 0) is 18.3 Å². The van der Waals surface area contributed by atoms with Crippen LogP contribution in [0.5, 0.6) is 0 Å². The molecule has 0 aromatic heterocycles. The molecule has 17 heavy (non-hydrogen) atoms. The Morgan fingerprint density at radius 2 is 2.12 bits per heavy atom. The second-order valence-corrected chi connectivity index (χ2v) is 5.57. The molecular formula is C12H25ClN2O2. The third kappa shape index (κ3) is 5.23. The Labute approximate surface area is 110 Å². The zero-order valence-corrected chi connectivity index (χ0v) is 11.8. The van der Waals surface area contributed by atoms with Gasteiger partial charge in [-0.25, -0.2) is 0 Å². The van der Waals surface area contributed by atoms with Gasteiger partial charge in [-0.1, -0.05) is 20.8 Å². The van der Waals surface area contributed by atoms with E-state index in [1.165, 1.54) is 0 Å². The average molecular weight is 265 g/mol. The standard InChI is InChI=1S/C12H24N2O2.ClH/c1-12(2,3)11-9(5-4-6-16-11)8-14-10(15)7-13;/h9,11H,4-8,13H2,1-3H3,(H,14,15);1H. The van der Waals surface area contributed by atoms with Crippen LogP contribution in [0.3, 0.4) is 0 Å². The molecule has 0 radical (unpaired) electrons. The van der Waals surface area contributed by atoms with Crippen molar-refractivity contribution in [3.63, 3.8) is 0 Å². The van der Waals surface area contributed by atoms with E-state index < -0.39 is 0 Å². The van der Waals surface area contributed by atoms with E-state index in [0.29, 0.717) is 12.5 Å². The first-order chi connectivity index (χ1) is 7.45. The number of halogens is 1. The van der Waals surface area contributed by atoms with Crippen LogP contribution < -0.4 is 11.1 Å². The lowest BCUT2D eigenvalue weighted by molar-refractivity contribution is -0.121. The van der Waals surface area contributed by atoms with E-state index in [2.05, 4.69) is 26.1 Å². The molecule has 1 aliphatic rings. The number of carbonyl (C=O) groups is 1. The molecule has 1 fully saturated rings. The van der Waals surface area contributed by atoms with Crippen molar-refractivity contribution >= 4 is 18.3 Å². The van der Waals surface area contributed by atoms with Crippen molar-refractivity contribution < 1.29 is 9.53 Å². The van der Waals surface area contributed by atoms with Gasteiger partial charge < -0.3 is 15.8 Å². The molecule has 0 aliphatic carbocycles. The first kappa shape index (κ1) is 16.7. The second kappa shape index (κ2) is 7.19. The molecule has 0 spiro atoms. The maximum Gasteiger partial charge on any atom is 0.233 e. The lowest BCUT2D eigenvalue weighted by Crippen LogP contribution is -2.46. The zero-order valence-electron chi connectivity index (χ0n) is 11.0. The second-order valence-electron chi connectivity index (χ2n) is 5.57. The number of nitrogens with two attached hydrogens (primary N) is 1. The smallest absolute Gasteiger partial charge is 0.233 e. The summed E-state index contributed by atoms with van der Waals surface area (Å²) in [6.07, 6.45) is 2.42. The number of rotatable bonds is 3. The third-order valence-electron chi connectivity index (χ3n) is 3.05. The normalized spacial score (nSPS) is 24.9. The van der Waals surface area contributed by atoms with Gasteiger partial charge >= 0.3 is 0 Å². The Morgan fingerprint density at radius 3 is 2.65 bits per heavy atom. The Balaban J connectivity index is 0.00000256. The van der Waals surface area contributed by atoms with E-state index in [1.54, 1.807) is 0 Å². The highest BCUT2D eigenvalue weighted by Crippen LogP contribution is 2.33. The molecule has 2 atom stereocenters. The van der Waals surface area contributed by atoms with Crippen LogP contribution in [-0.2, 0) is 9.53 Å². The molecule has 1 rings (SSSR count). The molecule has 0 bridgehead atoms. The number of nitrogens with one attached hydrogen (secondary N) is 1. The van der Waals surface area contributed by atoms with E-state index in [-0.39, 0.29) is 36.4 Å². The minimum atomic E-state index is -0.0850. The SMILES string of the molecule is CC(C)(C)C1OCCCC1CNC(=O)CN.Cl. The van der Waals surface area contributed by atoms with Gasteiger partial charge in [0.2, 0.25) is 5.91 Å². The zero-order chi connectivity index (χ0) is 12.2. The van der Waals surface area contributed by atoms with Gasteiger partial charge in [-0.15, -0.1) is 12.4 Å². The van der Waals surface area contributed by atoms with Crippen LogP contribution in [0.15, 0.2) is 0 Å². The molecule has 0 aromatic carbocycles. The van der Waals surface area contributed by atoms with Crippen molar-refractivity contribution in [1.29, 1.82) is 0 Å². The summed E-state index contributed by atoms with van der Waals surface area (Å²) in [4.78, 5) is 11.1. The summed E-state index contributed by atoms with van der Waals surface area (Å²) >= 11 is 0. The first-order valence-corrected chi connectivity index (χ1v) is 6.03. The molecule has 2 unspecified atom stereocenters. The number of amides is 1. The van der Waals surface area contributed by atoms with E-state index in [4.69, 9.17) is 10.5 Å².